The summed E-state index contributed by atoms with van der Waals surface area (Å²) in [6, 6.07) is 19.3. The van der Waals surface area contributed by atoms with Crippen molar-refractivity contribution in [2.75, 3.05) is 12.4 Å². The van der Waals surface area contributed by atoms with E-state index in [1.54, 1.807) is 25.1 Å². The number of nitrogens with one attached hydrogen (secondary N) is 1. The zero-order valence-corrected chi connectivity index (χ0v) is 43.5. The normalized spacial score (nSPS) is 13.0. The highest BCUT2D eigenvalue weighted by atomic mass is 32.2. The average molecular weight is 1170 g/mol. The lowest BCUT2D eigenvalue weighted by Gasteiger charge is -2.11. The quantitative estimate of drug-likeness (QED) is 0.0229. The van der Waals surface area contributed by atoms with E-state index in [0.717, 1.165) is 35.6 Å². The predicted octanol–water partition coefficient (Wildman–Crippen LogP) is 7.99. The summed E-state index contributed by atoms with van der Waals surface area (Å²) in [5.74, 6) is -1.45. The topological polar surface area (TPSA) is 446 Å². The SMILES string of the molecule is Cc1cc(N=Nc2ccc3c(S(=O)(=O)O)c(N=Nc4c(-c5ccccc5)[nH]n(-c5cc(S(=O)(=O)O)cc(S(=O)(=O)O)c5)c4=O)ccc3c2O)c(OCCCS(=O)(=O)O)cc1N=Nc1nc2ccc(CO)c(S(=O)(=O)O)c2s1. The number of hydrogen-bond acceptors (Lipinski definition) is 22. The maximum atomic E-state index is 14.0. The summed E-state index contributed by atoms with van der Waals surface area (Å²) < 4.78 is 177. The standard InChI is InChI=1S/C43H35N9O19S6/c1-22-16-34(35(71-14-5-15-73(56,57)58)20-33(22)47-50-43-44-31-11-8-24(21-53)40(39(31)72-43)76(65,66)67)48-45-30-12-10-29-28(38(30)54)9-13-32(41(29)77(68,69)70)46-49-37-36(23-6-3-2-4-7-23)51-52(42(37)55)25-17-26(74(59,60)61)19-27(18-25)75(62,63)64/h2-4,6-13,16-20,51,53-54H,5,14-15,21H2,1H3,(H,56,57,58)(H,59,60,61)(H,62,63,64)(H,65,66,67)(H,68,69,70). The number of phenols is 1. The fourth-order valence-electron chi connectivity index (χ4n) is 7.40. The molecule has 0 fully saturated rings. The molecule has 402 valence electrons. The van der Waals surface area contributed by atoms with Crippen LogP contribution in [0.2, 0.25) is 0 Å². The van der Waals surface area contributed by atoms with Crippen LogP contribution in [0.15, 0.2) is 152 Å². The Bertz CT molecular complexity index is 4420. The number of aromatic amines is 1. The number of aryl methyl sites for hydroxylation is 1. The summed E-state index contributed by atoms with van der Waals surface area (Å²) in [7, 11) is -24.7. The molecule has 0 aliphatic carbocycles. The van der Waals surface area contributed by atoms with Crippen LogP contribution in [-0.2, 0) is 57.2 Å². The van der Waals surface area contributed by atoms with Gasteiger partial charge in [0.1, 0.15) is 32.6 Å². The molecule has 2 heterocycles. The molecule has 0 atom stereocenters. The van der Waals surface area contributed by atoms with Crippen molar-refractivity contribution in [3.05, 3.63) is 119 Å². The van der Waals surface area contributed by atoms with Crippen LogP contribution in [0.3, 0.4) is 0 Å². The first-order valence-electron chi connectivity index (χ1n) is 21.3. The molecule has 28 nitrogen and oxygen atoms in total. The molecule has 0 radical (unpaired) electrons. The number of phenolic OH excluding ortho intramolecular Hbond substituents is 1. The Morgan fingerprint density at radius 3 is 1.88 bits per heavy atom. The molecule has 0 amide bonds. The van der Waals surface area contributed by atoms with E-state index in [2.05, 4.69) is 40.8 Å². The van der Waals surface area contributed by atoms with Crippen molar-refractivity contribution in [1.29, 1.82) is 0 Å². The first-order chi connectivity index (χ1) is 36.0. The molecule has 0 saturated heterocycles. The molecule has 8 aromatic rings. The Balaban J connectivity index is 1.17. The number of aliphatic hydroxyl groups is 1. The van der Waals surface area contributed by atoms with Crippen LogP contribution >= 0.6 is 11.3 Å². The lowest BCUT2D eigenvalue weighted by Crippen LogP contribution is -2.16. The minimum absolute atomic E-state index is 0.00391. The van der Waals surface area contributed by atoms with Gasteiger partial charge in [-0.2, -0.15) is 42.1 Å². The molecule has 0 aliphatic heterocycles. The van der Waals surface area contributed by atoms with E-state index < -0.39 is 111 Å². The summed E-state index contributed by atoms with van der Waals surface area (Å²) in [6.07, 6.45) is -0.201. The Kier molecular flexibility index (Phi) is 15.2. The van der Waals surface area contributed by atoms with Gasteiger partial charge in [0.25, 0.3) is 56.1 Å². The van der Waals surface area contributed by atoms with Gasteiger partial charge in [-0.15, -0.1) is 30.7 Å². The van der Waals surface area contributed by atoms with E-state index in [1.807, 2.05) is 0 Å². The van der Waals surface area contributed by atoms with Crippen molar-refractivity contribution < 1.29 is 79.8 Å². The first kappa shape index (κ1) is 55.6. The second kappa shape index (κ2) is 21.1. The minimum Gasteiger partial charge on any atom is -0.505 e. The summed E-state index contributed by atoms with van der Waals surface area (Å²) in [6.45, 7) is 0.559. The number of hydrogen-bond donors (Lipinski definition) is 8. The molecule has 0 spiro atoms. The number of fused-ring (bicyclic) bond motifs is 2. The van der Waals surface area contributed by atoms with Gasteiger partial charge in [-0.1, -0.05) is 53.8 Å². The van der Waals surface area contributed by atoms with Crippen LogP contribution in [0.25, 0.3) is 37.9 Å². The zero-order chi connectivity index (χ0) is 56.0. The summed E-state index contributed by atoms with van der Waals surface area (Å²) in [5.41, 5.74) is -2.57. The number of H-pyrrole nitrogens is 1. The highest BCUT2D eigenvalue weighted by Crippen LogP contribution is 2.44. The van der Waals surface area contributed by atoms with Crippen LogP contribution < -0.4 is 10.3 Å². The molecule has 0 saturated carbocycles. The van der Waals surface area contributed by atoms with E-state index in [0.29, 0.717) is 28.4 Å². The van der Waals surface area contributed by atoms with Gasteiger partial charge in [-0.05, 0) is 67.4 Å². The molecule has 77 heavy (non-hydrogen) atoms. The number of aliphatic hydroxyl groups excluding tert-OH is 1. The fourth-order valence-corrected chi connectivity index (χ4v) is 12.0. The largest absolute Gasteiger partial charge is 0.505 e. The van der Waals surface area contributed by atoms with Crippen LogP contribution in [-0.4, -0.2) is 102 Å². The number of ether oxygens (including phenoxy) is 1. The van der Waals surface area contributed by atoms with Gasteiger partial charge in [0, 0.05) is 28.0 Å². The number of aromatic nitrogens is 3. The smallest absolute Gasteiger partial charge is 0.299 e. The van der Waals surface area contributed by atoms with Crippen molar-refractivity contribution in [3.63, 3.8) is 0 Å². The Morgan fingerprint density at radius 1 is 0.649 bits per heavy atom. The van der Waals surface area contributed by atoms with E-state index in [9.17, 15) is 79.9 Å². The van der Waals surface area contributed by atoms with Crippen molar-refractivity contribution in [2.24, 2.45) is 30.7 Å². The summed E-state index contributed by atoms with van der Waals surface area (Å²) >= 11 is 0.744. The van der Waals surface area contributed by atoms with Gasteiger partial charge in [-0.3, -0.25) is 32.7 Å². The third-order valence-electron chi connectivity index (χ3n) is 10.8. The van der Waals surface area contributed by atoms with E-state index in [1.165, 1.54) is 36.4 Å². The summed E-state index contributed by atoms with van der Waals surface area (Å²) in [5, 5.41) is 47.6. The molecule has 34 heteroatoms. The first-order valence-corrected chi connectivity index (χ1v) is 29.5. The average Bonchev–Trinajstić information content (AvgIpc) is 3.92. The van der Waals surface area contributed by atoms with E-state index in [4.69, 9.17) is 4.74 Å². The zero-order valence-electron chi connectivity index (χ0n) is 38.6. The van der Waals surface area contributed by atoms with Gasteiger partial charge < -0.3 is 14.9 Å². The Hall–Kier alpha value is -7.61. The number of rotatable bonds is 18. The number of azo groups is 3. The molecule has 8 rings (SSSR count). The molecular formula is C43H35N9O19S6. The van der Waals surface area contributed by atoms with Crippen molar-refractivity contribution in [1.82, 2.24) is 14.8 Å². The molecule has 8 N–H and O–H groups in total. The second-order valence-corrected chi connectivity index (χ2v) is 24.2. The Morgan fingerprint density at radius 2 is 1.26 bits per heavy atom. The van der Waals surface area contributed by atoms with Gasteiger partial charge in [-0.25, -0.2) is 9.67 Å². The Labute approximate surface area is 438 Å². The highest BCUT2D eigenvalue weighted by molar-refractivity contribution is 7.87. The minimum atomic E-state index is -5.28. The molecule has 0 unspecified atom stereocenters. The van der Waals surface area contributed by atoms with Gasteiger partial charge in [0.05, 0.1) is 56.0 Å². The van der Waals surface area contributed by atoms with E-state index in [-0.39, 0.29) is 78.8 Å². The fraction of sp³-hybridized carbons (Fsp3) is 0.116. The van der Waals surface area contributed by atoms with Crippen molar-refractivity contribution in [3.8, 4) is 28.4 Å². The maximum Gasteiger partial charge on any atom is 0.299 e. The second-order valence-electron chi connectivity index (χ2n) is 16.1. The monoisotopic (exact) mass is 1170 g/mol. The van der Waals surface area contributed by atoms with Crippen LogP contribution in [0, 0.1) is 6.92 Å². The number of benzene rings is 6. The number of thiazole rings is 1. The van der Waals surface area contributed by atoms with Gasteiger partial charge in [0.2, 0.25) is 5.13 Å². The lowest BCUT2D eigenvalue weighted by molar-refractivity contribution is 0.278. The van der Waals surface area contributed by atoms with Crippen LogP contribution in [0.4, 0.5) is 33.6 Å². The third-order valence-corrected chi connectivity index (χ3v) is 16.3. The summed E-state index contributed by atoms with van der Waals surface area (Å²) in [4.78, 5) is 14.7. The molecular weight excluding hydrogens is 1140 g/mol. The van der Waals surface area contributed by atoms with Crippen LogP contribution in [0.1, 0.15) is 17.5 Å². The number of nitrogens with zero attached hydrogens (tertiary/aromatic N) is 8. The predicted molar refractivity (Wildman–Crippen MR) is 272 cm³/mol. The lowest BCUT2D eigenvalue weighted by atomic mass is 10.1. The molecule has 0 aliphatic rings. The van der Waals surface area contributed by atoms with Crippen molar-refractivity contribution >= 4 is 116 Å². The third kappa shape index (κ3) is 12.3. The van der Waals surface area contributed by atoms with Gasteiger partial charge in [0.15, 0.2) is 11.4 Å². The molecule has 0 bridgehead atoms. The van der Waals surface area contributed by atoms with Gasteiger partial charge >= 0.3 is 0 Å². The molecule has 2 aromatic heterocycles. The van der Waals surface area contributed by atoms with Crippen LogP contribution in [0.5, 0.6) is 11.5 Å². The number of aromatic hydroxyl groups is 1. The van der Waals surface area contributed by atoms with Crippen molar-refractivity contribution in [2.45, 2.75) is 39.5 Å². The van der Waals surface area contributed by atoms with E-state index >= 15 is 0 Å². The molecule has 6 aromatic carbocycles. The maximum absolute atomic E-state index is 14.0. The highest BCUT2D eigenvalue weighted by Gasteiger charge is 2.26.